The van der Waals surface area contributed by atoms with Crippen LogP contribution in [0.3, 0.4) is 0 Å². The average molecular weight is 385 g/mol. The first-order chi connectivity index (χ1) is 13.6. The van der Waals surface area contributed by atoms with Crippen LogP contribution in [0, 0.1) is 29.6 Å². The molecule has 1 atom stereocenters. The lowest BCUT2D eigenvalue weighted by molar-refractivity contribution is -0.169. The highest BCUT2D eigenvalue weighted by Gasteiger charge is 2.51. The first kappa shape index (κ1) is 17.8. The highest BCUT2D eigenvalue weighted by atomic mass is 16.6. The van der Waals surface area contributed by atoms with E-state index in [2.05, 4.69) is 5.32 Å². The number of anilines is 1. The molecule has 1 N–H and O–H groups in total. The van der Waals surface area contributed by atoms with Crippen molar-refractivity contribution in [2.75, 3.05) is 18.5 Å². The second-order valence-electron chi connectivity index (χ2n) is 8.88. The molecule has 150 valence electrons. The molecule has 6 heteroatoms. The van der Waals surface area contributed by atoms with E-state index in [0.717, 1.165) is 37.5 Å². The lowest BCUT2D eigenvalue weighted by Crippen LogP contribution is -2.49. The van der Waals surface area contributed by atoms with Crippen LogP contribution in [0.25, 0.3) is 0 Å². The molecule has 0 aromatic heterocycles. The fourth-order valence-electron chi connectivity index (χ4n) is 5.98. The van der Waals surface area contributed by atoms with Crippen LogP contribution < -0.4 is 14.8 Å². The molecule has 0 radical (unpaired) electrons. The van der Waals surface area contributed by atoms with Gasteiger partial charge in [-0.05, 0) is 74.8 Å². The van der Waals surface area contributed by atoms with Gasteiger partial charge in [0.15, 0.2) is 17.6 Å². The van der Waals surface area contributed by atoms with Crippen molar-refractivity contribution in [3.05, 3.63) is 18.2 Å². The van der Waals surface area contributed by atoms with Crippen molar-refractivity contribution in [3.63, 3.8) is 0 Å². The summed E-state index contributed by atoms with van der Waals surface area (Å²) in [6, 6.07) is 5.27. The molecule has 0 saturated heterocycles. The molecule has 4 aliphatic carbocycles. The van der Waals surface area contributed by atoms with Gasteiger partial charge in [-0.3, -0.25) is 9.59 Å². The number of carbonyl (C=O) groups excluding carboxylic acids is 2. The number of hydrogen-bond acceptors (Lipinski definition) is 5. The van der Waals surface area contributed by atoms with Crippen LogP contribution in [0.5, 0.6) is 11.5 Å². The van der Waals surface area contributed by atoms with E-state index in [9.17, 15) is 9.59 Å². The Morgan fingerprint density at radius 1 is 1.00 bits per heavy atom. The van der Waals surface area contributed by atoms with E-state index in [1.807, 2.05) is 0 Å². The minimum Gasteiger partial charge on any atom is -0.486 e. The van der Waals surface area contributed by atoms with Gasteiger partial charge < -0.3 is 19.5 Å². The predicted octanol–water partition coefficient (Wildman–Crippen LogP) is 3.40. The molecular formula is C22H27NO5. The lowest BCUT2D eigenvalue weighted by Gasteiger charge is -2.53. The molecule has 1 amide bonds. The summed E-state index contributed by atoms with van der Waals surface area (Å²) >= 11 is 0. The third-order valence-corrected chi connectivity index (χ3v) is 6.97. The van der Waals surface area contributed by atoms with E-state index < -0.39 is 6.10 Å². The molecule has 1 heterocycles. The summed E-state index contributed by atoms with van der Waals surface area (Å²) in [7, 11) is 0. The summed E-state index contributed by atoms with van der Waals surface area (Å²) in [5.41, 5.74) is 0.603. The van der Waals surface area contributed by atoms with E-state index >= 15 is 0 Å². The zero-order chi connectivity index (χ0) is 19.3. The van der Waals surface area contributed by atoms with E-state index in [-0.39, 0.29) is 17.8 Å². The Bertz CT molecular complexity index is 763. The van der Waals surface area contributed by atoms with E-state index in [1.54, 1.807) is 25.1 Å². The minimum absolute atomic E-state index is 0.0163. The van der Waals surface area contributed by atoms with Gasteiger partial charge in [-0.2, -0.15) is 0 Å². The quantitative estimate of drug-likeness (QED) is 0.804. The Morgan fingerprint density at radius 3 is 2.32 bits per heavy atom. The maximum Gasteiger partial charge on any atom is 0.310 e. The molecule has 0 spiro atoms. The Hall–Kier alpha value is -2.24. The molecule has 1 aliphatic heterocycles. The normalized spacial score (nSPS) is 33.2. The van der Waals surface area contributed by atoms with Crippen molar-refractivity contribution < 1.29 is 23.8 Å². The molecule has 0 unspecified atom stereocenters. The van der Waals surface area contributed by atoms with Crippen molar-refractivity contribution in [1.82, 2.24) is 0 Å². The number of hydrogen-bond donors (Lipinski definition) is 1. The maximum atomic E-state index is 12.9. The van der Waals surface area contributed by atoms with Crippen LogP contribution in [0.4, 0.5) is 5.69 Å². The van der Waals surface area contributed by atoms with Crippen molar-refractivity contribution in [2.45, 2.75) is 45.1 Å². The second kappa shape index (κ2) is 6.98. The van der Waals surface area contributed by atoms with Crippen LogP contribution in [0.1, 0.15) is 39.0 Å². The third kappa shape index (κ3) is 3.23. The molecule has 4 saturated carbocycles. The van der Waals surface area contributed by atoms with Crippen LogP contribution in [0.2, 0.25) is 0 Å². The zero-order valence-corrected chi connectivity index (χ0v) is 16.2. The van der Waals surface area contributed by atoms with Crippen molar-refractivity contribution in [1.29, 1.82) is 0 Å². The zero-order valence-electron chi connectivity index (χ0n) is 16.2. The van der Waals surface area contributed by atoms with Crippen molar-refractivity contribution in [3.8, 4) is 11.5 Å². The molecule has 28 heavy (non-hydrogen) atoms. The maximum absolute atomic E-state index is 12.9. The number of amides is 1. The fraction of sp³-hybridized carbons (Fsp3) is 0.636. The van der Waals surface area contributed by atoms with E-state index in [0.29, 0.717) is 42.2 Å². The molecule has 6 nitrogen and oxygen atoms in total. The van der Waals surface area contributed by atoms with Gasteiger partial charge in [-0.1, -0.05) is 0 Å². The largest absolute Gasteiger partial charge is 0.486 e. The summed E-state index contributed by atoms with van der Waals surface area (Å²) in [6.45, 7) is 2.65. The number of fused-ring (bicyclic) bond motifs is 1. The van der Waals surface area contributed by atoms with Crippen LogP contribution >= 0.6 is 0 Å². The molecule has 1 aromatic rings. The second-order valence-corrected chi connectivity index (χ2v) is 8.88. The number of carbonyl (C=O) groups is 2. The molecule has 4 fully saturated rings. The highest BCUT2D eigenvalue weighted by Crippen LogP contribution is 2.56. The van der Waals surface area contributed by atoms with Gasteiger partial charge >= 0.3 is 5.97 Å². The van der Waals surface area contributed by atoms with Crippen LogP contribution in [-0.4, -0.2) is 31.2 Å². The Labute approximate surface area is 164 Å². The van der Waals surface area contributed by atoms with Gasteiger partial charge in [0.1, 0.15) is 13.2 Å². The molecular weight excluding hydrogens is 358 g/mol. The highest BCUT2D eigenvalue weighted by molar-refractivity contribution is 5.95. The first-order valence-corrected chi connectivity index (χ1v) is 10.5. The molecule has 4 bridgehead atoms. The molecule has 1 aromatic carbocycles. The number of esters is 1. The molecule has 6 rings (SSSR count). The Kier molecular flexibility index (Phi) is 4.44. The Morgan fingerprint density at radius 2 is 1.64 bits per heavy atom. The number of nitrogens with one attached hydrogen (secondary N) is 1. The monoisotopic (exact) mass is 385 g/mol. The number of benzene rings is 1. The third-order valence-electron chi connectivity index (χ3n) is 6.97. The first-order valence-electron chi connectivity index (χ1n) is 10.5. The molecule has 5 aliphatic rings. The van der Waals surface area contributed by atoms with Crippen molar-refractivity contribution in [2.24, 2.45) is 29.6 Å². The van der Waals surface area contributed by atoms with Gasteiger partial charge in [0, 0.05) is 11.8 Å². The summed E-state index contributed by atoms with van der Waals surface area (Å²) < 4.78 is 16.6. The summed E-state index contributed by atoms with van der Waals surface area (Å²) in [6.07, 6.45) is 5.16. The lowest BCUT2D eigenvalue weighted by atomic mass is 9.52. The average Bonchev–Trinajstić information content (AvgIpc) is 2.67. The van der Waals surface area contributed by atoms with Crippen LogP contribution in [0.15, 0.2) is 18.2 Å². The number of rotatable bonds is 4. The van der Waals surface area contributed by atoms with Gasteiger partial charge in [0.2, 0.25) is 0 Å². The van der Waals surface area contributed by atoms with Crippen molar-refractivity contribution >= 4 is 17.6 Å². The summed E-state index contributed by atoms with van der Waals surface area (Å²) in [5.74, 6) is 3.29. The summed E-state index contributed by atoms with van der Waals surface area (Å²) in [4.78, 5) is 25.4. The fourth-order valence-corrected chi connectivity index (χ4v) is 5.98. The summed E-state index contributed by atoms with van der Waals surface area (Å²) in [5, 5.41) is 2.81. The van der Waals surface area contributed by atoms with Gasteiger partial charge in [0.05, 0.1) is 5.92 Å². The standard InChI is InChI=1S/C22H27NO5/c1-12(21(24)23-17-2-3-18-19(11-17)27-5-4-26-18)28-22(25)20-15-7-13-6-14(9-15)10-16(20)8-13/h2-3,11-16,20H,4-10H2,1H3,(H,23,24)/t12-,13?,14?,15?,16?,20?/m1/s1. The van der Waals surface area contributed by atoms with Gasteiger partial charge in [-0.15, -0.1) is 0 Å². The van der Waals surface area contributed by atoms with E-state index in [4.69, 9.17) is 14.2 Å². The topological polar surface area (TPSA) is 73.9 Å². The van der Waals surface area contributed by atoms with Gasteiger partial charge in [0.25, 0.3) is 5.91 Å². The Balaban J connectivity index is 1.20. The number of ether oxygens (including phenoxy) is 3. The SMILES string of the molecule is C[C@@H](OC(=O)C1C2CC3CC(C2)CC1C3)C(=O)Nc1ccc2c(c1)OCCO2. The van der Waals surface area contributed by atoms with Gasteiger partial charge in [-0.25, -0.2) is 0 Å². The van der Waals surface area contributed by atoms with Crippen LogP contribution in [-0.2, 0) is 14.3 Å². The van der Waals surface area contributed by atoms with E-state index in [1.165, 1.54) is 6.42 Å². The predicted molar refractivity (Wildman–Crippen MR) is 102 cm³/mol. The smallest absolute Gasteiger partial charge is 0.310 e. The minimum atomic E-state index is -0.821.